The molecule has 1 aromatic carbocycles. The number of rotatable bonds is 1. The molecule has 1 aromatic heterocycles. The summed E-state index contributed by atoms with van der Waals surface area (Å²) in [5.74, 6) is 0.416. The molecule has 0 aliphatic carbocycles. The van der Waals surface area contributed by atoms with Crippen LogP contribution >= 0.6 is 34.8 Å². The molecule has 0 aliphatic heterocycles. The van der Waals surface area contributed by atoms with Gasteiger partial charge in [0, 0.05) is 10.6 Å². The molecule has 0 saturated carbocycles. The molecule has 2 N–H and O–H groups in total. The summed E-state index contributed by atoms with van der Waals surface area (Å²) >= 11 is 18.0. The number of benzene rings is 1. The number of pyridine rings is 1. The summed E-state index contributed by atoms with van der Waals surface area (Å²) in [6.45, 7) is 0. The van der Waals surface area contributed by atoms with E-state index in [9.17, 15) is 0 Å². The molecule has 0 radical (unpaired) electrons. The van der Waals surface area contributed by atoms with E-state index >= 15 is 0 Å². The Hall–Kier alpha value is -0.960. The molecule has 0 spiro atoms. The maximum Gasteiger partial charge on any atom is 0.124 e. The van der Waals surface area contributed by atoms with Gasteiger partial charge in [-0.1, -0.05) is 40.9 Å². The lowest BCUT2D eigenvalue weighted by molar-refractivity contribution is 1.33. The molecule has 2 nitrogen and oxygen atoms in total. The van der Waals surface area contributed by atoms with Crippen LogP contribution in [0.3, 0.4) is 0 Å². The third kappa shape index (κ3) is 2.24. The van der Waals surface area contributed by atoms with Crippen molar-refractivity contribution >= 4 is 40.6 Å². The number of aromatic nitrogens is 1. The van der Waals surface area contributed by atoms with Gasteiger partial charge in [0.25, 0.3) is 0 Å². The lowest BCUT2D eigenvalue weighted by Gasteiger charge is -2.07. The number of anilines is 1. The lowest BCUT2D eigenvalue weighted by atomic mass is 10.1. The molecule has 0 bridgehead atoms. The summed E-state index contributed by atoms with van der Waals surface area (Å²) in [5.41, 5.74) is 6.87. The van der Waals surface area contributed by atoms with Crippen molar-refractivity contribution < 1.29 is 0 Å². The predicted octanol–water partition coefficient (Wildman–Crippen LogP) is 4.29. The maximum absolute atomic E-state index is 6.07. The summed E-state index contributed by atoms with van der Waals surface area (Å²) in [7, 11) is 0. The Morgan fingerprint density at radius 1 is 1.00 bits per heavy atom. The van der Waals surface area contributed by atoms with Crippen LogP contribution in [0, 0.1) is 0 Å². The normalized spacial score (nSPS) is 10.4. The van der Waals surface area contributed by atoms with E-state index < -0.39 is 0 Å². The minimum atomic E-state index is 0.416. The Bertz CT molecular complexity index is 517. The van der Waals surface area contributed by atoms with Gasteiger partial charge < -0.3 is 5.73 Å². The van der Waals surface area contributed by atoms with Crippen molar-refractivity contribution in [1.82, 2.24) is 4.98 Å². The Labute approximate surface area is 108 Å². The summed E-state index contributed by atoms with van der Waals surface area (Å²) in [6.07, 6.45) is 0. The van der Waals surface area contributed by atoms with Crippen molar-refractivity contribution in [2.24, 2.45) is 0 Å². The zero-order valence-electron chi connectivity index (χ0n) is 8.05. The van der Waals surface area contributed by atoms with Gasteiger partial charge in [-0.2, -0.15) is 0 Å². The zero-order chi connectivity index (χ0) is 11.7. The second kappa shape index (κ2) is 4.50. The largest absolute Gasteiger partial charge is 0.384 e. The van der Waals surface area contributed by atoms with Crippen LogP contribution in [0.15, 0.2) is 30.3 Å². The van der Waals surface area contributed by atoms with Crippen LogP contribution in [0.1, 0.15) is 0 Å². The lowest BCUT2D eigenvalue weighted by Crippen LogP contribution is -1.92. The first-order valence-corrected chi connectivity index (χ1v) is 5.59. The van der Waals surface area contributed by atoms with E-state index in [4.69, 9.17) is 40.5 Å². The van der Waals surface area contributed by atoms with E-state index in [2.05, 4.69) is 4.98 Å². The fraction of sp³-hybridized carbons (Fsp3) is 0. The smallest absolute Gasteiger partial charge is 0.124 e. The second-order valence-electron chi connectivity index (χ2n) is 3.19. The first-order valence-electron chi connectivity index (χ1n) is 4.45. The molecule has 82 valence electrons. The van der Waals surface area contributed by atoms with Crippen molar-refractivity contribution in [2.75, 3.05) is 5.73 Å². The Kier molecular flexibility index (Phi) is 3.24. The first-order chi connectivity index (χ1) is 7.58. The fourth-order valence-corrected chi connectivity index (χ4v) is 2.39. The van der Waals surface area contributed by atoms with Crippen LogP contribution in [-0.2, 0) is 0 Å². The molecule has 0 saturated heterocycles. The molecule has 0 fully saturated rings. The molecule has 0 aliphatic rings. The molecular weight excluding hydrogens is 266 g/mol. The number of hydrogen-bond donors (Lipinski definition) is 1. The van der Waals surface area contributed by atoms with Crippen molar-refractivity contribution in [1.29, 1.82) is 0 Å². The molecule has 1 heterocycles. The van der Waals surface area contributed by atoms with Gasteiger partial charge in [0.15, 0.2) is 0 Å². The number of hydrogen-bond acceptors (Lipinski definition) is 2. The van der Waals surface area contributed by atoms with Crippen molar-refractivity contribution in [3.63, 3.8) is 0 Å². The molecule has 2 aromatic rings. The van der Waals surface area contributed by atoms with Gasteiger partial charge in [0.1, 0.15) is 5.82 Å². The SMILES string of the molecule is Nc1cccc(-c2c(Cl)cc(Cl)cc2Cl)n1. The second-order valence-corrected chi connectivity index (χ2v) is 4.44. The molecule has 0 atom stereocenters. The van der Waals surface area contributed by atoms with Gasteiger partial charge in [0.2, 0.25) is 0 Å². The van der Waals surface area contributed by atoms with E-state index in [0.29, 0.717) is 32.1 Å². The van der Waals surface area contributed by atoms with Crippen LogP contribution < -0.4 is 5.73 Å². The highest BCUT2D eigenvalue weighted by atomic mass is 35.5. The van der Waals surface area contributed by atoms with Gasteiger partial charge in [-0.05, 0) is 24.3 Å². The van der Waals surface area contributed by atoms with Crippen LogP contribution in [-0.4, -0.2) is 4.98 Å². The van der Waals surface area contributed by atoms with Crippen LogP contribution in [0.4, 0.5) is 5.82 Å². The average molecular weight is 274 g/mol. The van der Waals surface area contributed by atoms with E-state index in [1.54, 1.807) is 30.3 Å². The van der Waals surface area contributed by atoms with Crippen LogP contribution in [0.25, 0.3) is 11.3 Å². The Morgan fingerprint density at radius 2 is 1.62 bits per heavy atom. The molecule has 0 amide bonds. The summed E-state index contributed by atoms with van der Waals surface area (Å²) in [6, 6.07) is 8.52. The minimum absolute atomic E-state index is 0.416. The van der Waals surface area contributed by atoms with Gasteiger partial charge in [-0.15, -0.1) is 0 Å². The molecular formula is C11H7Cl3N2. The third-order valence-electron chi connectivity index (χ3n) is 2.03. The Balaban J connectivity index is 2.64. The molecule has 5 heteroatoms. The highest BCUT2D eigenvalue weighted by molar-refractivity contribution is 6.41. The monoisotopic (exact) mass is 272 g/mol. The molecule has 0 unspecified atom stereocenters. The van der Waals surface area contributed by atoms with E-state index in [1.165, 1.54) is 0 Å². The molecule has 2 rings (SSSR count). The predicted molar refractivity (Wildman–Crippen MR) is 69.1 cm³/mol. The molecule has 16 heavy (non-hydrogen) atoms. The first kappa shape index (κ1) is 11.5. The van der Waals surface area contributed by atoms with Gasteiger partial charge in [0.05, 0.1) is 15.7 Å². The summed E-state index contributed by atoms with van der Waals surface area (Å²) in [4.78, 5) is 4.16. The quantitative estimate of drug-likeness (QED) is 0.842. The average Bonchev–Trinajstić information content (AvgIpc) is 2.15. The summed E-state index contributed by atoms with van der Waals surface area (Å²) < 4.78 is 0. The van der Waals surface area contributed by atoms with Gasteiger partial charge in [-0.25, -0.2) is 4.98 Å². The maximum atomic E-state index is 6.07. The van der Waals surface area contributed by atoms with Crippen LogP contribution in [0.2, 0.25) is 15.1 Å². The van der Waals surface area contributed by atoms with E-state index in [1.807, 2.05) is 0 Å². The number of nitrogen functional groups attached to an aromatic ring is 1. The Morgan fingerprint density at radius 3 is 2.19 bits per heavy atom. The number of nitrogens with zero attached hydrogens (tertiary/aromatic N) is 1. The van der Waals surface area contributed by atoms with Crippen molar-refractivity contribution in [3.05, 3.63) is 45.4 Å². The number of halogens is 3. The topological polar surface area (TPSA) is 38.9 Å². The highest BCUT2D eigenvalue weighted by Crippen LogP contribution is 2.36. The third-order valence-corrected chi connectivity index (χ3v) is 2.85. The van der Waals surface area contributed by atoms with Crippen molar-refractivity contribution in [2.45, 2.75) is 0 Å². The van der Waals surface area contributed by atoms with Crippen molar-refractivity contribution in [3.8, 4) is 11.3 Å². The minimum Gasteiger partial charge on any atom is -0.384 e. The van der Waals surface area contributed by atoms with E-state index in [0.717, 1.165) is 0 Å². The van der Waals surface area contributed by atoms with Crippen LogP contribution in [0.5, 0.6) is 0 Å². The number of nitrogens with two attached hydrogens (primary N) is 1. The van der Waals surface area contributed by atoms with Gasteiger partial charge >= 0.3 is 0 Å². The fourth-order valence-electron chi connectivity index (χ4n) is 1.38. The standard InChI is InChI=1S/C11H7Cl3N2/c12-6-4-7(13)11(8(14)5-6)9-2-1-3-10(15)16-9/h1-5H,(H2,15,16). The van der Waals surface area contributed by atoms with E-state index in [-0.39, 0.29) is 0 Å². The van der Waals surface area contributed by atoms with Gasteiger partial charge in [-0.3, -0.25) is 0 Å². The highest BCUT2D eigenvalue weighted by Gasteiger charge is 2.11. The zero-order valence-corrected chi connectivity index (χ0v) is 10.3. The summed E-state index contributed by atoms with van der Waals surface area (Å²) in [5, 5.41) is 1.40.